The molecule has 22 heavy (non-hydrogen) atoms. The summed E-state index contributed by atoms with van der Waals surface area (Å²) >= 11 is 0. The Morgan fingerprint density at radius 3 is 2.64 bits per heavy atom. The van der Waals surface area contributed by atoms with Crippen molar-refractivity contribution in [1.82, 2.24) is 10.3 Å². The van der Waals surface area contributed by atoms with Crippen LogP contribution in [0.3, 0.4) is 0 Å². The molecule has 0 bridgehead atoms. The van der Waals surface area contributed by atoms with Gasteiger partial charge >= 0.3 is 6.09 Å². The highest BCUT2D eigenvalue weighted by molar-refractivity contribution is 5.68. The van der Waals surface area contributed by atoms with Crippen molar-refractivity contribution >= 4 is 11.9 Å². The predicted molar refractivity (Wildman–Crippen MR) is 79.3 cm³/mol. The zero-order chi connectivity index (χ0) is 16.3. The second kappa shape index (κ2) is 6.46. The van der Waals surface area contributed by atoms with Gasteiger partial charge in [0.15, 0.2) is 12.3 Å². The van der Waals surface area contributed by atoms with Crippen LogP contribution in [0.25, 0.3) is 0 Å². The fourth-order valence-electron chi connectivity index (χ4n) is 2.23. The van der Waals surface area contributed by atoms with E-state index < -0.39 is 24.0 Å². The number of pyridine rings is 1. The van der Waals surface area contributed by atoms with Crippen molar-refractivity contribution in [3.05, 3.63) is 23.9 Å². The Kier molecular flexibility index (Phi) is 4.83. The van der Waals surface area contributed by atoms with Crippen LogP contribution in [-0.4, -0.2) is 42.1 Å². The zero-order valence-corrected chi connectivity index (χ0v) is 13.0. The first-order chi connectivity index (χ1) is 10.3. The molecule has 0 aliphatic carbocycles. The van der Waals surface area contributed by atoms with Crippen molar-refractivity contribution in [3.63, 3.8) is 0 Å². The van der Waals surface area contributed by atoms with Crippen LogP contribution in [0.2, 0.25) is 0 Å². The van der Waals surface area contributed by atoms with Crippen molar-refractivity contribution in [3.8, 4) is 0 Å². The first kappa shape index (κ1) is 16.5. The topological polar surface area (TPSA) is 54.5 Å². The number of amides is 1. The number of ether oxygens (including phenoxy) is 1. The molecule has 0 radical (unpaired) electrons. The van der Waals surface area contributed by atoms with Gasteiger partial charge in [0.2, 0.25) is 0 Å². The lowest BCUT2D eigenvalue weighted by molar-refractivity contribution is 0.0523. The maximum absolute atomic E-state index is 13.4. The number of halogens is 2. The second-order valence-electron chi connectivity index (χ2n) is 6.28. The van der Waals surface area contributed by atoms with Crippen LogP contribution in [0.4, 0.5) is 19.4 Å². The summed E-state index contributed by atoms with van der Waals surface area (Å²) in [6.45, 7) is 5.44. The third kappa shape index (κ3) is 4.29. The van der Waals surface area contributed by atoms with E-state index in [1.54, 1.807) is 44.0 Å². The van der Waals surface area contributed by atoms with E-state index in [1.165, 1.54) is 0 Å². The monoisotopic (exact) mass is 313 g/mol. The highest BCUT2D eigenvalue weighted by atomic mass is 19.2. The van der Waals surface area contributed by atoms with E-state index in [2.05, 4.69) is 10.3 Å². The molecule has 122 valence electrons. The van der Waals surface area contributed by atoms with Gasteiger partial charge in [-0.2, -0.15) is 0 Å². The number of alkyl halides is 2. The zero-order valence-electron chi connectivity index (χ0n) is 13.0. The van der Waals surface area contributed by atoms with E-state index in [0.29, 0.717) is 11.4 Å². The number of alkyl carbamates (subject to hydrolysis) is 1. The minimum Gasteiger partial charge on any atom is -0.444 e. The Hall–Kier alpha value is -1.92. The summed E-state index contributed by atoms with van der Waals surface area (Å²) in [6.07, 6.45) is -2.00. The molecule has 0 saturated carbocycles. The summed E-state index contributed by atoms with van der Waals surface area (Å²) in [4.78, 5) is 17.4. The van der Waals surface area contributed by atoms with Gasteiger partial charge in [0.05, 0.1) is 13.1 Å². The Bertz CT molecular complexity index is 524. The van der Waals surface area contributed by atoms with Crippen LogP contribution in [0.1, 0.15) is 26.3 Å². The molecule has 1 aliphatic heterocycles. The van der Waals surface area contributed by atoms with Gasteiger partial charge in [-0.15, -0.1) is 0 Å². The molecule has 2 atom stereocenters. The number of aromatic nitrogens is 1. The standard InChI is InChI=1S/C15H21F2N3O2/c1-15(2,3)22-14(21)19-7-10-5-4-6-18-13(10)20-8-11(16)12(17)9-20/h4-6,11-12H,7-9H2,1-3H3,(H,19,21)/t11-,12+. The average Bonchev–Trinajstić information content (AvgIpc) is 2.75. The number of nitrogens with zero attached hydrogens (tertiary/aromatic N) is 2. The van der Waals surface area contributed by atoms with Crippen LogP contribution in [0.15, 0.2) is 18.3 Å². The lowest BCUT2D eigenvalue weighted by Crippen LogP contribution is -2.33. The maximum Gasteiger partial charge on any atom is 0.407 e. The maximum atomic E-state index is 13.4. The number of anilines is 1. The summed E-state index contributed by atoms with van der Waals surface area (Å²) in [5.41, 5.74) is 0.106. The molecule has 1 aromatic rings. The lowest BCUT2D eigenvalue weighted by Gasteiger charge is -2.22. The summed E-state index contributed by atoms with van der Waals surface area (Å²) in [5.74, 6) is 0.487. The molecule has 1 aromatic heterocycles. The molecule has 1 fully saturated rings. The Morgan fingerprint density at radius 1 is 1.41 bits per heavy atom. The molecule has 1 amide bonds. The summed E-state index contributed by atoms with van der Waals surface area (Å²) in [7, 11) is 0. The number of carbonyl (C=O) groups is 1. The van der Waals surface area contributed by atoms with E-state index in [9.17, 15) is 13.6 Å². The van der Waals surface area contributed by atoms with Gasteiger partial charge in [-0.25, -0.2) is 18.6 Å². The summed E-state index contributed by atoms with van der Waals surface area (Å²) in [5, 5.41) is 2.63. The molecule has 7 heteroatoms. The van der Waals surface area contributed by atoms with Crippen LogP contribution in [0, 0.1) is 0 Å². The number of hydrogen-bond donors (Lipinski definition) is 1. The second-order valence-corrected chi connectivity index (χ2v) is 6.28. The van der Waals surface area contributed by atoms with Gasteiger partial charge in [-0.1, -0.05) is 6.07 Å². The Morgan fingerprint density at radius 2 is 2.05 bits per heavy atom. The largest absolute Gasteiger partial charge is 0.444 e. The van der Waals surface area contributed by atoms with Gasteiger partial charge in [0.1, 0.15) is 11.4 Å². The Balaban J connectivity index is 2.02. The van der Waals surface area contributed by atoms with E-state index in [4.69, 9.17) is 4.74 Å². The highest BCUT2D eigenvalue weighted by Crippen LogP contribution is 2.25. The van der Waals surface area contributed by atoms with E-state index >= 15 is 0 Å². The highest BCUT2D eigenvalue weighted by Gasteiger charge is 2.34. The van der Waals surface area contributed by atoms with Crippen molar-refractivity contribution in [2.24, 2.45) is 0 Å². The first-order valence-electron chi connectivity index (χ1n) is 7.20. The van der Waals surface area contributed by atoms with Crippen LogP contribution >= 0.6 is 0 Å². The predicted octanol–water partition coefficient (Wildman–Crippen LogP) is 2.60. The molecule has 1 N–H and O–H groups in total. The lowest BCUT2D eigenvalue weighted by atomic mass is 10.2. The molecule has 2 heterocycles. The fourth-order valence-corrected chi connectivity index (χ4v) is 2.23. The van der Waals surface area contributed by atoms with Crippen molar-refractivity contribution in [2.45, 2.75) is 45.3 Å². The van der Waals surface area contributed by atoms with Crippen LogP contribution in [0.5, 0.6) is 0 Å². The molecular formula is C15H21F2N3O2. The van der Waals surface area contributed by atoms with Gasteiger partial charge in [-0.05, 0) is 26.8 Å². The van der Waals surface area contributed by atoms with Gasteiger partial charge in [0.25, 0.3) is 0 Å². The molecule has 2 rings (SSSR count). The number of carbonyl (C=O) groups excluding carboxylic acids is 1. The van der Waals surface area contributed by atoms with Gasteiger partial charge in [0, 0.05) is 18.3 Å². The van der Waals surface area contributed by atoms with Gasteiger partial charge in [-0.3, -0.25) is 0 Å². The quantitative estimate of drug-likeness (QED) is 0.932. The van der Waals surface area contributed by atoms with Crippen molar-refractivity contribution in [2.75, 3.05) is 18.0 Å². The first-order valence-corrected chi connectivity index (χ1v) is 7.20. The molecular weight excluding hydrogens is 292 g/mol. The third-order valence-electron chi connectivity index (χ3n) is 3.17. The molecule has 0 spiro atoms. The molecule has 1 aliphatic rings. The smallest absolute Gasteiger partial charge is 0.407 e. The minimum atomic E-state index is -1.51. The fraction of sp³-hybridized carbons (Fsp3) is 0.600. The van der Waals surface area contributed by atoms with Crippen LogP contribution in [-0.2, 0) is 11.3 Å². The number of hydrogen-bond acceptors (Lipinski definition) is 4. The Labute approximate surface area is 128 Å². The van der Waals surface area contributed by atoms with Gasteiger partial charge < -0.3 is 15.0 Å². The van der Waals surface area contributed by atoms with Crippen LogP contribution < -0.4 is 10.2 Å². The molecule has 0 unspecified atom stereocenters. The third-order valence-corrected chi connectivity index (χ3v) is 3.17. The van der Waals surface area contributed by atoms with Crippen molar-refractivity contribution in [1.29, 1.82) is 0 Å². The molecule has 0 aromatic carbocycles. The number of rotatable bonds is 3. The molecule has 1 saturated heterocycles. The van der Waals surface area contributed by atoms with E-state index in [0.717, 1.165) is 0 Å². The van der Waals surface area contributed by atoms with E-state index in [1.807, 2.05) is 0 Å². The summed E-state index contributed by atoms with van der Waals surface area (Å²) in [6, 6.07) is 3.48. The number of nitrogens with one attached hydrogen (secondary N) is 1. The average molecular weight is 313 g/mol. The SMILES string of the molecule is CC(C)(C)OC(=O)NCc1cccnc1N1C[C@@H](F)[C@@H](F)C1. The normalized spacial score (nSPS) is 21.8. The van der Waals surface area contributed by atoms with Crippen molar-refractivity contribution < 1.29 is 18.3 Å². The van der Waals surface area contributed by atoms with E-state index in [-0.39, 0.29) is 19.6 Å². The minimum absolute atomic E-state index is 0.0301. The molecule has 5 nitrogen and oxygen atoms in total. The summed E-state index contributed by atoms with van der Waals surface area (Å²) < 4.78 is 31.9.